The fourth-order valence-electron chi connectivity index (χ4n) is 3.45. The van der Waals surface area contributed by atoms with E-state index in [0.29, 0.717) is 29.5 Å². The molecule has 1 amide bonds. The van der Waals surface area contributed by atoms with Crippen LogP contribution in [0.2, 0.25) is 0 Å². The SMILES string of the molecule is O=C(Nc1ncc(C2CCNCC2)s1)C1(c2ccccc2F)CC1. The first-order valence-electron chi connectivity index (χ1n) is 8.42. The van der Waals surface area contributed by atoms with Crippen LogP contribution in [0.5, 0.6) is 0 Å². The minimum Gasteiger partial charge on any atom is -0.317 e. The zero-order chi connectivity index (χ0) is 16.6. The zero-order valence-corrected chi connectivity index (χ0v) is 14.2. The Hall–Kier alpha value is -1.79. The normalized spacial score (nSPS) is 19.9. The molecule has 0 radical (unpaired) electrons. The number of rotatable bonds is 4. The van der Waals surface area contributed by atoms with Gasteiger partial charge in [-0.05, 0) is 50.8 Å². The number of hydrogen-bond acceptors (Lipinski definition) is 4. The number of carbonyl (C=O) groups excluding carboxylic acids is 1. The van der Waals surface area contributed by atoms with Crippen LogP contribution in [-0.2, 0) is 10.2 Å². The van der Waals surface area contributed by atoms with Crippen molar-refractivity contribution in [3.8, 4) is 0 Å². The van der Waals surface area contributed by atoms with E-state index in [1.54, 1.807) is 29.5 Å². The molecule has 1 aromatic heterocycles. The lowest BCUT2D eigenvalue weighted by atomic mass is 9.94. The Bertz CT molecular complexity index is 750. The molecule has 1 aliphatic carbocycles. The molecule has 2 aliphatic rings. The van der Waals surface area contributed by atoms with Crippen LogP contribution in [0.4, 0.5) is 9.52 Å². The van der Waals surface area contributed by atoms with E-state index in [9.17, 15) is 9.18 Å². The molecular weight excluding hydrogens is 325 g/mol. The lowest BCUT2D eigenvalue weighted by molar-refractivity contribution is -0.118. The van der Waals surface area contributed by atoms with Gasteiger partial charge in [0.2, 0.25) is 5.91 Å². The number of nitrogens with zero attached hydrogens (tertiary/aromatic N) is 1. The highest BCUT2D eigenvalue weighted by molar-refractivity contribution is 7.15. The third-order valence-electron chi connectivity index (χ3n) is 5.06. The lowest BCUT2D eigenvalue weighted by Gasteiger charge is -2.20. The molecule has 0 spiro atoms. The van der Waals surface area contributed by atoms with E-state index in [-0.39, 0.29) is 11.7 Å². The van der Waals surface area contributed by atoms with Crippen molar-refractivity contribution in [3.05, 3.63) is 46.7 Å². The van der Waals surface area contributed by atoms with Crippen molar-refractivity contribution >= 4 is 22.4 Å². The average molecular weight is 345 g/mol. The number of piperidine rings is 1. The maximum atomic E-state index is 14.1. The number of nitrogens with one attached hydrogen (secondary N) is 2. The maximum absolute atomic E-state index is 14.1. The van der Waals surface area contributed by atoms with Gasteiger partial charge < -0.3 is 10.6 Å². The van der Waals surface area contributed by atoms with Gasteiger partial charge in [-0.25, -0.2) is 9.37 Å². The summed E-state index contributed by atoms with van der Waals surface area (Å²) in [5.74, 6) is 0.0781. The summed E-state index contributed by atoms with van der Waals surface area (Å²) < 4.78 is 14.1. The van der Waals surface area contributed by atoms with Crippen molar-refractivity contribution < 1.29 is 9.18 Å². The van der Waals surface area contributed by atoms with Crippen molar-refractivity contribution in [2.24, 2.45) is 0 Å². The first-order valence-corrected chi connectivity index (χ1v) is 9.24. The van der Waals surface area contributed by atoms with Gasteiger partial charge in [0.05, 0.1) is 5.41 Å². The van der Waals surface area contributed by atoms with Gasteiger partial charge in [0.25, 0.3) is 0 Å². The second-order valence-electron chi connectivity index (χ2n) is 6.61. The van der Waals surface area contributed by atoms with Crippen LogP contribution in [0.25, 0.3) is 0 Å². The molecule has 126 valence electrons. The molecule has 6 heteroatoms. The second-order valence-corrected chi connectivity index (χ2v) is 7.67. The molecule has 0 atom stereocenters. The van der Waals surface area contributed by atoms with Crippen LogP contribution in [-0.4, -0.2) is 24.0 Å². The maximum Gasteiger partial charge on any atom is 0.236 e. The Morgan fingerprint density at radius 3 is 2.75 bits per heavy atom. The number of amides is 1. The van der Waals surface area contributed by atoms with Crippen LogP contribution in [0.3, 0.4) is 0 Å². The highest BCUT2D eigenvalue weighted by atomic mass is 32.1. The summed E-state index contributed by atoms with van der Waals surface area (Å²) in [6.07, 6.45) is 5.46. The van der Waals surface area contributed by atoms with E-state index in [1.807, 2.05) is 6.20 Å². The van der Waals surface area contributed by atoms with Gasteiger partial charge in [0.1, 0.15) is 5.82 Å². The summed E-state index contributed by atoms with van der Waals surface area (Å²) in [6.45, 7) is 2.06. The summed E-state index contributed by atoms with van der Waals surface area (Å²) in [7, 11) is 0. The van der Waals surface area contributed by atoms with Gasteiger partial charge in [-0.15, -0.1) is 11.3 Å². The minimum atomic E-state index is -0.716. The number of benzene rings is 1. The standard InChI is InChI=1S/C18H20FN3OS/c19-14-4-2-1-3-13(14)18(7-8-18)16(23)22-17-21-11-15(24-17)12-5-9-20-10-6-12/h1-4,11-12,20H,5-10H2,(H,21,22,23). The zero-order valence-electron chi connectivity index (χ0n) is 13.3. The molecule has 4 nitrogen and oxygen atoms in total. The number of aromatic nitrogens is 1. The van der Waals surface area contributed by atoms with Gasteiger partial charge in [-0.3, -0.25) is 4.79 Å². The molecule has 1 saturated carbocycles. The highest BCUT2D eigenvalue weighted by Crippen LogP contribution is 2.50. The van der Waals surface area contributed by atoms with Gasteiger partial charge in [0.15, 0.2) is 5.13 Å². The van der Waals surface area contributed by atoms with Gasteiger partial charge in [-0.1, -0.05) is 18.2 Å². The summed E-state index contributed by atoms with van der Waals surface area (Å²) >= 11 is 1.55. The van der Waals surface area contributed by atoms with Crippen LogP contribution in [0, 0.1) is 5.82 Å². The second kappa shape index (κ2) is 6.26. The summed E-state index contributed by atoms with van der Waals surface area (Å²) in [4.78, 5) is 18.3. The smallest absolute Gasteiger partial charge is 0.236 e. The molecular formula is C18H20FN3OS. The first kappa shape index (κ1) is 15.7. The van der Waals surface area contributed by atoms with Gasteiger partial charge >= 0.3 is 0 Å². The third kappa shape index (κ3) is 2.84. The molecule has 1 saturated heterocycles. The van der Waals surface area contributed by atoms with Crippen molar-refractivity contribution in [1.82, 2.24) is 10.3 Å². The predicted molar refractivity (Wildman–Crippen MR) is 92.9 cm³/mol. The Morgan fingerprint density at radius 1 is 1.29 bits per heavy atom. The highest BCUT2D eigenvalue weighted by Gasteiger charge is 2.52. The third-order valence-corrected chi connectivity index (χ3v) is 6.13. The van der Waals surface area contributed by atoms with Crippen LogP contribution in [0.15, 0.2) is 30.5 Å². The Balaban J connectivity index is 1.49. The van der Waals surface area contributed by atoms with Crippen molar-refractivity contribution in [2.75, 3.05) is 18.4 Å². The number of thiazole rings is 1. The van der Waals surface area contributed by atoms with E-state index >= 15 is 0 Å². The van der Waals surface area contributed by atoms with Crippen LogP contribution >= 0.6 is 11.3 Å². The largest absolute Gasteiger partial charge is 0.317 e. The molecule has 4 rings (SSSR count). The number of halogens is 1. The fraction of sp³-hybridized carbons (Fsp3) is 0.444. The van der Waals surface area contributed by atoms with Gasteiger partial charge in [-0.2, -0.15) is 0 Å². The Kier molecular flexibility index (Phi) is 4.10. The fourth-order valence-corrected chi connectivity index (χ4v) is 4.43. The number of hydrogen-bond donors (Lipinski definition) is 2. The monoisotopic (exact) mass is 345 g/mol. The summed E-state index contributed by atoms with van der Waals surface area (Å²) in [5.41, 5.74) is -0.219. The molecule has 24 heavy (non-hydrogen) atoms. The van der Waals surface area contributed by atoms with E-state index in [2.05, 4.69) is 15.6 Å². The molecule has 0 unspecified atom stereocenters. The summed E-state index contributed by atoms with van der Waals surface area (Å²) in [5, 5.41) is 6.89. The number of anilines is 1. The Morgan fingerprint density at radius 2 is 2.04 bits per heavy atom. The van der Waals surface area contributed by atoms with E-state index in [1.165, 1.54) is 10.9 Å². The Labute approximate surface area is 144 Å². The van der Waals surface area contributed by atoms with Crippen molar-refractivity contribution in [2.45, 2.75) is 37.0 Å². The molecule has 2 N–H and O–H groups in total. The van der Waals surface area contributed by atoms with Gasteiger partial charge in [0, 0.05) is 16.6 Å². The van der Waals surface area contributed by atoms with Crippen molar-refractivity contribution in [3.63, 3.8) is 0 Å². The van der Waals surface area contributed by atoms with E-state index in [4.69, 9.17) is 0 Å². The molecule has 2 fully saturated rings. The van der Waals surface area contributed by atoms with Crippen LogP contribution < -0.4 is 10.6 Å². The average Bonchev–Trinajstić information content (AvgIpc) is 3.29. The first-order chi connectivity index (χ1) is 11.7. The molecule has 1 aromatic carbocycles. The quantitative estimate of drug-likeness (QED) is 0.893. The lowest BCUT2D eigenvalue weighted by Crippen LogP contribution is -2.28. The molecule has 2 aromatic rings. The molecule has 0 bridgehead atoms. The van der Waals surface area contributed by atoms with E-state index < -0.39 is 5.41 Å². The minimum absolute atomic E-state index is 0.140. The number of carbonyl (C=O) groups is 1. The molecule has 1 aliphatic heterocycles. The summed E-state index contributed by atoms with van der Waals surface area (Å²) in [6, 6.07) is 6.56. The van der Waals surface area contributed by atoms with Crippen LogP contribution in [0.1, 0.15) is 42.0 Å². The predicted octanol–water partition coefficient (Wildman–Crippen LogP) is 3.42. The molecule has 2 heterocycles. The topological polar surface area (TPSA) is 54.0 Å². The van der Waals surface area contributed by atoms with Crippen molar-refractivity contribution in [1.29, 1.82) is 0 Å². The van der Waals surface area contributed by atoms with E-state index in [0.717, 1.165) is 25.9 Å².